The minimum absolute atomic E-state index is 0. The highest BCUT2D eigenvalue weighted by Gasteiger charge is 2.30. The van der Waals surface area contributed by atoms with E-state index in [9.17, 15) is 18.0 Å². The Kier molecular flexibility index (Phi) is 12.9. The van der Waals surface area contributed by atoms with Crippen LogP contribution < -0.4 is 15.4 Å². The number of benzene rings is 4. The highest BCUT2D eigenvalue weighted by Crippen LogP contribution is 2.32. The number of H-pyrrole nitrogens is 1. The van der Waals surface area contributed by atoms with Gasteiger partial charge >= 0.3 is 12.3 Å². The van der Waals surface area contributed by atoms with E-state index in [1.54, 1.807) is 11.8 Å². The summed E-state index contributed by atoms with van der Waals surface area (Å²) in [5, 5.41) is 5.57. The van der Waals surface area contributed by atoms with Crippen molar-refractivity contribution in [2.75, 3.05) is 26.0 Å². The molecule has 5 rings (SSSR count). The number of imidazole rings is 1. The van der Waals surface area contributed by atoms with Crippen LogP contribution in [0, 0.1) is 0 Å². The van der Waals surface area contributed by atoms with E-state index in [0.717, 1.165) is 46.6 Å². The summed E-state index contributed by atoms with van der Waals surface area (Å²) in [5.74, 6) is 0.802. The van der Waals surface area contributed by atoms with E-state index in [2.05, 4.69) is 37.5 Å². The number of carbonyl (C=O) groups excluding carboxylic acids is 1. The Morgan fingerprint density at radius 3 is 2.20 bits per heavy atom. The van der Waals surface area contributed by atoms with Crippen LogP contribution in [-0.2, 0) is 10.9 Å². The van der Waals surface area contributed by atoms with Crippen LogP contribution in [0.1, 0.15) is 23.7 Å². The van der Waals surface area contributed by atoms with Crippen molar-refractivity contribution in [1.82, 2.24) is 15.3 Å². The van der Waals surface area contributed by atoms with Gasteiger partial charge in [0.1, 0.15) is 11.9 Å². The van der Waals surface area contributed by atoms with Crippen LogP contribution in [-0.4, -0.2) is 36.8 Å². The number of nitrogens with zero attached hydrogens (tertiary/aromatic N) is 1. The first kappa shape index (κ1) is 34.3. The van der Waals surface area contributed by atoms with Gasteiger partial charge in [0.25, 0.3) is 0 Å². The van der Waals surface area contributed by atoms with Gasteiger partial charge in [0.2, 0.25) is 5.95 Å². The molecular formula is C32H32ClF3N4O3S. The maximum Gasteiger partial charge on any atom is 0.416 e. The van der Waals surface area contributed by atoms with Gasteiger partial charge in [-0.25, -0.2) is 9.78 Å². The first-order valence-corrected chi connectivity index (χ1v) is 14.2. The molecule has 0 aliphatic heterocycles. The summed E-state index contributed by atoms with van der Waals surface area (Å²) in [6.07, 6.45) is -4.36. The van der Waals surface area contributed by atoms with Crippen LogP contribution in [0.15, 0.2) is 113 Å². The molecule has 232 valence electrons. The van der Waals surface area contributed by atoms with Crippen LogP contribution >= 0.6 is 24.2 Å². The molecule has 0 radical (unpaired) electrons. The number of hydrogen-bond donors (Lipinski definition) is 3. The van der Waals surface area contributed by atoms with Crippen molar-refractivity contribution in [3.8, 4) is 5.75 Å². The van der Waals surface area contributed by atoms with Gasteiger partial charge in [-0.05, 0) is 73.8 Å². The third kappa shape index (κ3) is 10.2. The molecule has 1 atom stereocenters. The molecule has 0 bridgehead atoms. The minimum Gasteiger partial charge on any atom is -0.486 e. The number of carbonyl (C=O) groups is 1. The zero-order valence-corrected chi connectivity index (χ0v) is 25.6. The number of hydrogen-bond acceptors (Lipinski definition) is 6. The number of anilines is 1. The average molecular weight is 645 g/mol. The third-order valence-corrected chi connectivity index (χ3v) is 7.12. The van der Waals surface area contributed by atoms with E-state index < -0.39 is 17.8 Å². The molecular weight excluding hydrogens is 613 g/mol. The lowest BCUT2D eigenvalue weighted by atomic mass is 10.1. The predicted octanol–water partition coefficient (Wildman–Crippen LogP) is 8.75. The van der Waals surface area contributed by atoms with Gasteiger partial charge in [-0.1, -0.05) is 60.3 Å². The molecule has 1 aromatic heterocycles. The zero-order chi connectivity index (χ0) is 30.7. The fourth-order valence-electron chi connectivity index (χ4n) is 4.01. The second kappa shape index (κ2) is 16.6. The Labute approximate surface area is 264 Å². The standard InChI is InChI=1S/C17H18F3NO.C15H13N3O2S.ClH/c1-21-12-11-16(13-5-3-2-4-6-13)22-15-9-7-14(8-10-15)17(18,19)20;1-20-15(19)18-14-16-12-8-7-11(9-13(12)17-14)21-10-5-3-2-4-6-10;/h2-10,16,21H,11-12H2,1H3;2-9H,1H3,(H2,16,17,18,19);1H. The molecule has 0 aliphatic carbocycles. The van der Waals surface area contributed by atoms with Crippen molar-refractivity contribution in [3.63, 3.8) is 0 Å². The Hall–Kier alpha value is -4.19. The fourth-order valence-corrected chi connectivity index (χ4v) is 4.89. The summed E-state index contributed by atoms with van der Waals surface area (Å²) in [6.45, 7) is 0.750. The Balaban J connectivity index is 0.000000235. The molecule has 7 nitrogen and oxygen atoms in total. The molecule has 1 amide bonds. The quantitative estimate of drug-likeness (QED) is 0.149. The normalized spacial score (nSPS) is 11.5. The number of amides is 1. The van der Waals surface area contributed by atoms with Crippen LogP contribution in [0.25, 0.3) is 11.0 Å². The van der Waals surface area contributed by atoms with Gasteiger partial charge in [0.15, 0.2) is 0 Å². The molecule has 1 unspecified atom stereocenters. The number of fused-ring (bicyclic) bond motifs is 1. The average Bonchev–Trinajstić information content (AvgIpc) is 3.41. The first-order valence-electron chi connectivity index (χ1n) is 13.4. The highest BCUT2D eigenvalue weighted by molar-refractivity contribution is 7.99. The van der Waals surface area contributed by atoms with Gasteiger partial charge in [-0.2, -0.15) is 13.2 Å². The van der Waals surface area contributed by atoms with Crippen molar-refractivity contribution in [3.05, 3.63) is 114 Å². The Morgan fingerprint density at radius 2 is 1.59 bits per heavy atom. The van der Waals surface area contributed by atoms with Gasteiger partial charge < -0.3 is 19.8 Å². The summed E-state index contributed by atoms with van der Waals surface area (Å²) >= 11 is 1.67. The van der Waals surface area contributed by atoms with E-state index in [-0.39, 0.29) is 18.5 Å². The molecule has 3 N–H and O–H groups in total. The van der Waals surface area contributed by atoms with Crippen LogP contribution in [0.2, 0.25) is 0 Å². The maximum atomic E-state index is 12.6. The number of methoxy groups -OCH3 is 1. The second-order valence-corrected chi connectivity index (χ2v) is 10.4. The SMILES string of the molecule is CNCCC(Oc1ccc(C(F)(F)F)cc1)c1ccccc1.COC(=O)Nc1nc2ccc(Sc3ccccc3)cc2[nH]1.Cl. The summed E-state index contributed by atoms with van der Waals surface area (Å²) in [6, 6.07) is 30.5. The van der Waals surface area contributed by atoms with E-state index in [1.165, 1.54) is 24.1 Å². The van der Waals surface area contributed by atoms with Crippen LogP contribution in [0.4, 0.5) is 23.9 Å². The summed E-state index contributed by atoms with van der Waals surface area (Å²) in [7, 11) is 3.16. The van der Waals surface area contributed by atoms with Crippen LogP contribution in [0.3, 0.4) is 0 Å². The van der Waals surface area contributed by atoms with Gasteiger partial charge in [-0.3, -0.25) is 5.32 Å². The van der Waals surface area contributed by atoms with Crippen molar-refractivity contribution in [2.24, 2.45) is 0 Å². The van der Waals surface area contributed by atoms with Crippen molar-refractivity contribution >= 4 is 47.2 Å². The molecule has 1 heterocycles. The molecule has 0 fully saturated rings. The van der Waals surface area contributed by atoms with Gasteiger partial charge in [-0.15, -0.1) is 12.4 Å². The Morgan fingerprint density at radius 1 is 0.932 bits per heavy atom. The number of halogens is 4. The maximum absolute atomic E-state index is 12.6. The number of ether oxygens (including phenoxy) is 2. The molecule has 4 aromatic carbocycles. The van der Waals surface area contributed by atoms with E-state index >= 15 is 0 Å². The molecule has 0 spiro atoms. The first-order chi connectivity index (χ1) is 20.7. The molecule has 0 saturated heterocycles. The van der Waals surface area contributed by atoms with Crippen molar-refractivity contribution < 1.29 is 27.4 Å². The van der Waals surface area contributed by atoms with Crippen molar-refractivity contribution in [2.45, 2.75) is 28.5 Å². The number of alkyl halides is 3. The molecule has 0 saturated carbocycles. The van der Waals surface area contributed by atoms with Gasteiger partial charge in [0, 0.05) is 16.2 Å². The molecule has 5 aromatic rings. The predicted molar refractivity (Wildman–Crippen MR) is 170 cm³/mol. The monoisotopic (exact) mass is 644 g/mol. The molecule has 12 heteroatoms. The number of aromatic amines is 1. The lowest BCUT2D eigenvalue weighted by Gasteiger charge is -2.20. The van der Waals surface area contributed by atoms with Crippen molar-refractivity contribution in [1.29, 1.82) is 0 Å². The highest BCUT2D eigenvalue weighted by atomic mass is 35.5. The lowest BCUT2D eigenvalue weighted by molar-refractivity contribution is -0.137. The van der Waals surface area contributed by atoms with E-state index in [0.29, 0.717) is 11.7 Å². The molecule has 44 heavy (non-hydrogen) atoms. The smallest absolute Gasteiger partial charge is 0.416 e. The number of aromatic nitrogens is 2. The summed E-state index contributed by atoms with van der Waals surface area (Å²) < 4.78 is 48.1. The number of nitrogens with one attached hydrogen (secondary N) is 3. The summed E-state index contributed by atoms with van der Waals surface area (Å²) in [4.78, 5) is 20.8. The van der Waals surface area contributed by atoms with Gasteiger partial charge in [0.05, 0.1) is 23.7 Å². The fraction of sp³-hybridized carbons (Fsp3) is 0.188. The topological polar surface area (TPSA) is 88.3 Å². The largest absolute Gasteiger partial charge is 0.486 e. The zero-order valence-electron chi connectivity index (χ0n) is 23.9. The van der Waals surface area contributed by atoms with E-state index in [4.69, 9.17) is 4.74 Å². The number of rotatable bonds is 9. The van der Waals surface area contributed by atoms with E-state index in [1.807, 2.05) is 73.8 Å². The minimum atomic E-state index is -4.33. The lowest BCUT2D eigenvalue weighted by Crippen LogP contribution is -2.16. The summed E-state index contributed by atoms with van der Waals surface area (Å²) in [5.41, 5.74) is 1.98. The second-order valence-electron chi connectivity index (χ2n) is 9.23. The Bertz CT molecular complexity index is 1590. The molecule has 0 aliphatic rings. The van der Waals surface area contributed by atoms with Crippen LogP contribution in [0.5, 0.6) is 5.75 Å². The third-order valence-electron chi connectivity index (χ3n) is 6.13.